The fraction of sp³-hybridized carbons (Fsp3) is 1.00. The first-order valence-corrected chi connectivity index (χ1v) is 5.54. The molecule has 1 aliphatic carbocycles. The van der Waals surface area contributed by atoms with Gasteiger partial charge in [-0.25, -0.2) is 0 Å². The molecule has 92 valence electrons. The van der Waals surface area contributed by atoms with Gasteiger partial charge in [0.2, 0.25) is 0 Å². The number of hydrogen-bond donors (Lipinski definition) is 0. The molecule has 0 saturated heterocycles. The minimum absolute atomic E-state index is 0. The van der Waals surface area contributed by atoms with Crippen molar-refractivity contribution in [1.82, 2.24) is 0 Å². The molecule has 1 aliphatic rings. The average molecular weight is 596 g/mol. The molecule has 0 bridgehead atoms. The number of hydrogen-bond acceptors (Lipinski definition) is 2. The molecule has 0 aliphatic heterocycles. The Morgan fingerprint density at radius 3 is 1.79 bits per heavy atom. The molecular formula is C10H18Au2S2. The molecule has 0 aromatic rings. The zero-order valence-electron chi connectivity index (χ0n) is 8.83. The van der Waals surface area contributed by atoms with Crippen LogP contribution in [0.4, 0.5) is 0 Å². The Morgan fingerprint density at radius 2 is 1.50 bits per heavy atom. The summed E-state index contributed by atoms with van der Waals surface area (Å²) in [5.74, 6) is 0.712. The van der Waals surface area contributed by atoms with Crippen molar-refractivity contribution >= 4 is 25.3 Å². The first-order chi connectivity index (χ1) is 5.31. The van der Waals surface area contributed by atoms with Gasteiger partial charge in [-0.05, 0) is 0 Å². The van der Waals surface area contributed by atoms with E-state index in [0.29, 0.717) is 5.92 Å². The normalized spacial score (nSPS) is 32.8. The van der Waals surface area contributed by atoms with Gasteiger partial charge in [-0.1, -0.05) is 52.4 Å². The van der Waals surface area contributed by atoms with Crippen molar-refractivity contribution in [2.75, 3.05) is 0 Å². The van der Waals surface area contributed by atoms with E-state index in [4.69, 9.17) is 25.3 Å². The third-order valence-electron chi connectivity index (χ3n) is 3.03. The van der Waals surface area contributed by atoms with Crippen LogP contribution in [0.3, 0.4) is 0 Å². The van der Waals surface area contributed by atoms with Gasteiger partial charge >= 0.3 is 44.8 Å². The average Bonchev–Trinajstić information content (AvgIpc) is 1.83. The Morgan fingerprint density at radius 1 is 1.14 bits per heavy atom. The van der Waals surface area contributed by atoms with E-state index in [1.807, 2.05) is 0 Å². The molecule has 1 rings (SSSR count). The Balaban J connectivity index is 0. The molecule has 0 heterocycles. The Labute approximate surface area is 131 Å². The van der Waals surface area contributed by atoms with Crippen LogP contribution in [0.15, 0.2) is 0 Å². The fourth-order valence-corrected chi connectivity index (χ4v) is 2.40. The molecule has 1 saturated carbocycles. The van der Waals surface area contributed by atoms with Gasteiger partial charge < -0.3 is 25.3 Å². The molecule has 0 unspecified atom stereocenters. The van der Waals surface area contributed by atoms with Crippen LogP contribution < -0.4 is 0 Å². The van der Waals surface area contributed by atoms with Gasteiger partial charge in [-0.15, -0.1) is 0 Å². The molecule has 0 radical (unpaired) electrons. The maximum atomic E-state index is 5.45. The molecule has 0 amide bonds. The van der Waals surface area contributed by atoms with Crippen LogP contribution in [0, 0.1) is 5.92 Å². The molecule has 0 nitrogen and oxygen atoms in total. The van der Waals surface area contributed by atoms with E-state index in [2.05, 4.69) is 20.8 Å². The fourth-order valence-electron chi connectivity index (χ4n) is 1.92. The van der Waals surface area contributed by atoms with Crippen molar-refractivity contribution in [1.29, 1.82) is 0 Å². The summed E-state index contributed by atoms with van der Waals surface area (Å²) in [5.41, 5.74) is 0. The van der Waals surface area contributed by atoms with E-state index >= 15 is 0 Å². The van der Waals surface area contributed by atoms with Gasteiger partial charge in [0.25, 0.3) is 0 Å². The molecular weight excluding hydrogens is 578 g/mol. The summed E-state index contributed by atoms with van der Waals surface area (Å²) < 4.78 is 0.239. The third kappa shape index (κ3) is 6.05. The summed E-state index contributed by atoms with van der Waals surface area (Å²) in [6.45, 7) is 6.52. The largest absolute Gasteiger partial charge is 1.00 e. The van der Waals surface area contributed by atoms with Crippen molar-refractivity contribution in [2.45, 2.75) is 55.9 Å². The van der Waals surface area contributed by atoms with Crippen LogP contribution in [0.25, 0.3) is 0 Å². The van der Waals surface area contributed by atoms with Gasteiger partial charge in [0, 0.05) is 0 Å². The summed E-state index contributed by atoms with van der Waals surface area (Å²) >= 11 is 10.9. The molecule has 14 heavy (non-hydrogen) atoms. The van der Waals surface area contributed by atoms with Gasteiger partial charge in [-0.2, -0.15) is 9.49 Å². The van der Waals surface area contributed by atoms with Crippen molar-refractivity contribution in [3.63, 3.8) is 0 Å². The van der Waals surface area contributed by atoms with E-state index < -0.39 is 0 Å². The molecule has 0 aromatic carbocycles. The Hall–Kier alpha value is 2.18. The maximum Gasteiger partial charge on any atom is 1.00 e. The van der Waals surface area contributed by atoms with Crippen LogP contribution in [0.5, 0.6) is 0 Å². The van der Waals surface area contributed by atoms with Crippen LogP contribution in [0.2, 0.25) is 0 Å². The monoisotopic (exact) mass is 596 g/mol. The topological polar surface area (TPSA) is 0 Å². The van der Waals surface area contributed by atoms with Gasteiger partial charge in [-0.3, -0.25) is 0 Å². The van der Waals surface area contributed by atoms with Crippen LogP contribution >= 0.6 is 0 Å². The molecule has 4 heteroatoms. The quantitative estimate of drug-likeness (QED) is 0.338. The SMILES string of the molecule is CC1([S-])CCC(C(C)(C)[S-])CC1.[Au+].[Au+]. The first-order valence-electron chi connectivity index (χ1n) is 4.72. The predicted molar refractivity (Wildman–Crippen MR) is 59.2 cm³/mol. The standard InChI is InChI=1S/C10H20S2.2Au/c1-9(2,11)8-4-6-10(3,12)7-5-8;;/h8,11-12H,4-7H2,1-3H3;;/q;2*+1/p-2. The van der Waals surface area contributed by atoms with Gasteiger partial charge in [0.15, 0.2) is 0 Å². The Bertz CT molecular complexity index is 154. The van der Waals surface area contributed by atoms with Gasteiger partial charge in [0.05, 0.1) is 0 Å². The Kier molecular flexibility index (Phi) is 9.01. The smallest absolute Gasteiger partial charge is 0.786 e. The zero-order valence-corrected chi connectivity index (χ0v) is 14.8. The second-order valence-electron chi connectivity index (χ2n) is 4.83. The number of rotatable bonds is 1. The molecule has 0 aromatic heterocycles. The summed E-state index contributed by atoms with van der Waals surface area (Å²) in [7, 11) is 0. The summed E-state index contributed by atoms with van der Waals surface area (Å²) in [4.78, 5) is 0. The van der Waals surface area contributed by atoms with E-state index in [1.54, 1.807) is 0 Å². The van der Waals surface area contributed by atoms with Gasteiger partial charge in [0.1, 0.15) is 0 Å². The summed E-state index contributed by atoms with van der Waals surface area (Å²) in [6.07, 6.45) is 4.81. The van der Waals surface area contributed by atoms with Crippen molar-refractivity contribution < 1.29 is 44.8 Å². The third-order valence-corrected chi connectivity index (χ3v) is 3.77. The van der Waals surface area contributed by atoms with Crippen molar-refractivity contribution in [3.8, 4) is 0 Å². The maximum absolute atomic E-state index is 5.45. The van der Waals surface area contributed by atoms with Crippen molar-refractivity contribution in [3.05, 3.63) is 0 Å². The molecule has 0 N–H and O–H groups in total. The summed E-state index contributed by atoms with van der Waals surface area (Å²) in [6, 6.07) is 0. The molecule has 0 atom stereocenters. The second kappa shape index (κ2) is 6.80. The van der Waals surface area contributed by atoms with E-state index in [9.17, 15) is 0 Å². The minimum Gasteiger partial charge on any atom is -0.786 e. The van der Waals surface area contributed by atoms with E-state index in [-0.39, 0.29) is 54.3 Å². The van der Waals surface area contributed by atoms with E-state index in [0.717, 1.165) is 0 Å². The van der Waals surface area contributed by atoms with Crippen LogP contribution in [-0.4, -0.2) is 9.49 Å². The van der Waals surface area contributed by atoms with E-state index in [1.165, 1.54) is 25.7 Å². The first kappa shape index (κ1) is 18.5. The second-order valence-corrected chi connectivity index (χ2v) is 6.87. The molecule has 0 spiro atoms. The van der Waals surface area contributed by atoms with Crippen LogP contribution in [0.1, 0.15) is 46.5 Å². The van der Waals surface area contributed by atoms with Crippen LogP contribution in [-0.2, 0) is 70.0 Å². The van der Waals surface area contributed by atoms with Crippen molar-refractivity contribution in [2.24, 2.45) is 5.92 Å². The zero-order chi connectivity index (χ0) is 9.41. The molecule has 1 fully saturated rings. The summed E-state index contributed by atoms with van der Waals surface area (Å²) in [5, 5.41) is 0. The minimum atomic E-state index is 0. The predicted octanol–water partition coefficient (Wildman–Crippen LogP) is 2.80.